The van der Waals surface area contributed by atoms with Crippen LogP contribution in [0.1, 0.15) is 41.6 Å². The number of aliphatic hydroxyl groups is 1. The summed E-state index contributed by atoms with van der Waals surface area (Å²) in [6.07, 6.45) is 0. The standard InChI is InChI=1S/C13H20N2O4/c1-8(2)12-11(9(3)14-19-12)13(17)15-4-5-18-7-10(15)6-16/h8,10,16H,4-7H2,1-3H3. The molecule has 1 unspecified atom stereocenters. The van der Waals surface area contributed by atoms with Crippen molar-refractivity contribution in [3.63, 3.8) is 0 Å². The molecule has 1 aliphatic heterocycles. The van der Waals surface area contributed by atoms with Gasteiger partial charge in [0.05, 0.1) is 31.6 Å². The van der Waals surface area contributed by atoms with Gasteiger partial charge in [0.15, 0.2) is 5.76 Å². The van der Waals surface area contributed by atoms with Gasteiger partial charge in [-0.1, -0.05) is 19.0 Å². The Hall–Kier alpha value is -1.40. The molecule has 1 aromatic heterocycles. The average molecular weight is 268 g/mol. The molecule has 0 saturated carbocycles. The second-order valence-corrected chi connectivity index (χ2v) is 5.07. The number of amides is 1. The van der Waals surface area contributed by atoms with Gasteiger partial charge in [0, 0.05) is 12.5 Å². The van der Waals surface area contributed by atoms with Gasteiger partial charge in [-0.25, -0.2) is 0 Å². The molecule has 1 saturated heterocycles. The molecule has 6 nitrogen and oxygen atoms in total. The second-order valence-electron chi connectivity index (χ2n) is 5.07. The van der Waals surface area contributed by atoms with Crippen molar-refractivity contribution in [2.24, 2.45) is 0 Å². The van der Waals surface area contributed by atoms with Gasteiger partial charge < -0.3 is 19.3 Å². The predicted octanol–water partition coefficient (Wildman–Crippen LogP) is 0.940. The van der Waals surface area contributed by atoms with Crippen LogP contribution in [0.5, 0.6) is 0 Å². The number of nitrogens with zero attached hydrogens (tertiary/aromatic N) is 2. The van der Waals surface area contributed by atoms with Crippen molar-refractivity contribution in [1.29, 1.82) is 0 Å². The van der Waals surface area contributed by atoms with Crippen molar-refractivity contribution in [1.82, 2.24) is 10.1 Å². The highest BCUT2D eigenvalue weighted by molar-refractivity contribution is 5.96. The Morgan fingerprint density at radius 1 is 1.58 bits per heavy atom. The first-order valence-electron chi connectivity index (χ1n) is 6.52. The van der Waals surface area contributed by atoms with Gasteiger partial charge >= 0.3 is 0 Å². The van der Waals surface area contributed by atoms with Gasteiger partial charge in [-0.2, -0.15) is 0 Å². The first-order chi connectivity index (χ1) is 9.06. The van der Waals surface area contributed by atoms with Crippen molar-refractivity contribution < 1.29 is 19.2 Å². The quantitative estimate of drug-likeness (QED) is 0.883. The fraction of sp³-hybridized carbons (Fsp3) is 0.692. The molecule has 1 atom stereocenters. The van der Waals surface area contributed by atoms with Gasteiger partial charge in [-0.05, 0) is 6.92 Å². The Morgan fingerprint density at radius 3 is 2.95 bits per heavy atom. The fourth-order valence-electron chi connectivity index (χ4n) is 2.26. The minimum atomic E-state index is -0.296. The molecule has 6 heteroatoms. The maximum absolute atomic E-state index is 12.6. The van der Waals surface area contributed by atoms with Crippen molar-refractivity contribution in [3.8, 4) is 0 Å². The van der Waals surface area contributed by atoms with Gasteiger partial charge in [-0.15, -0.1) is 0 Å². The Bertz CT molecular complexity index is 455. The fourth-order valence-corrected chi connectivity index (χ4v) is 2.26. The highest BCUT2D eigenvalue weighted by atomic mass is 16.5. The van der Waals surface area contributed by atoms with Crippen molar-refractivity contribution in [3.05, 3.63) is 17.0 Å². The number of rotatable bonds is 3. The number of carbonyl (C=O) groups is 1. The van der Waals surface area contributed by atoms with E-state index in [-0.39, 0.29) is 24.5 Å². The summed E-state index contributed by atoms with van der Waals surface area (Å²) in [5, 5.41) is 13.2. The number of hydrogen-bond donors (Lipinski definition) is 1. The summed E-state index contributed by atoms with van der Waals surface area (Å²) in [4.78, 5) is 14.3. The highest BCUT2D eigenvalue weighted by Gasteiger charge is 2.32. The van der Waals surface area contributed by atoms with E-state index in [0.717, 1.165) is 0 Å². The van der Waals surface area contributed by atoms with Crippen LogP contribution in [0.3, 0.4) is 0 Å². The lowest BCUT2D eigenvalue weighted by molar-refractivity contribution is -0.0185. The molecule has 1 N–H and O–H groups in total. The highest BCUT2D eigenvalue weighted by Crippen LogP contribution is 2.25. The lowest BCUT2D eigenvalue weighted by Gasteiger charge is -2.34. The van der Waals surface area contributed by atoms with E-state index in [9.17, 15) is 9.90 Å². The maximum Gasteiger partial charge on any atom is 0.259 e. The minimum absolute atomic E-state index is 0.0915. The topological polar surface area (TPSA) is 75.8 Å². The zero-order chi connectivity index (χ0) is 14.0. The summed E-state index contributed by atoms with van der Waals surface area (Å²) < 4.78 is 10.5. The number of aromatic nitrogens is 1. The van der Waals surface area contributed by atoms with Crippen LogP contribution >= 0.6 is 0 Å². The van der Waals surface area contributed by atoms with Crippen LogP contribution < -0.4 is 0 Å². The monoisotopic (exact) mass is 268 g/mol. The molecule has 1 aromatic rings. The zero-order valence-electron chi connectivity index (χ0n) is 11.5. The lowest BCUT2D eigenvalue weighted by atomic mass is 10.0. The van der Waals surface area contributed by atoms with E-state index in [1.807, 2.05) is 13.8 Å². The maximum atomic E-state index is 12.6. The number of ether oxygens (including phenoxy) is 1. The molecule has 0 radical (unpaired) electrons. The third-order valence-electron chi connectivity index (χ3n) is 3.33. The Morgan fingerprint density at radius 2 is 2.32 bits per heavy atom. The molecule has 1 fully saturated rings. The van der Waals surface area contributed by atoms with E-state index < -0.39 is 0 Å². The summed E-state index contributed by atoms with van der Waals surface area (Å²) in [7, 11) is 0. The predicted molar refractivity (Wildman–Crippen MR) is 68.1 cm³/mol. The van der Waals surface area contributed by atoms with E-state index in [1.165, 1.54) is 0 Å². The molecule has 1 aliphatic rings. The first kappa shape index (κ1) is 14.0. The van der Waals surface area contributed by atoms with Gasteiger partial charge in [0.25, 0.3) is 5.91 Å². The SMILES string of the molecule is Cc1noc(C(C)C)c1C(=O)N1CCOCC1CO. The molecule has 0 aromatic carbocycles. The summed E-state index contributed by atoms with van der Waals surface area (Å²) >= 11 is 0. The minimum Gasteiger partial charge on any atom is -0.394 e. The first-order valence-corrected chi connectivity index (χ1v) is 6.52. The zero-order valence-corrected chi connectivity index (χ0v) is 11.5. The molecule has 106 valence electrons. The van der Waals surface area contributed by atoms with Gasteiger partial charge in [0.2, 0.25) is 0 Å². The number of hydrogen-bond acceptors (Lipinski definition) is 5. The lowest BCUT2D eigenvalue weighted by Crippen LogP contribution is -2.50. The van der Waals surface area contributed by atoms with Crippen molar-refractivity contribution in [2.75, 3.05) is 26.4 Å². The molecule has 0 spiro atoms. The normalized spacial score (nSPS) is 20.1. The molecular formula is C13H20N2O4. The Labute approximate surface area is 112 Å². The molecule has 2 heterocycles. The second kappa shape index (κ2) is 5.71. The van der Waals surface area contributed by atoms with Gasteiger partial charge in [-0.3, -0.25) is 4.79 Å². The van der Waals surface area contributed by atoms with Crippen LogP contribution in [0, 0.1) is 6.92 Å². The van der Waals surface area contributed by atoms with Crippen molar-refractivity contribution >= 4 is 5.91 Å². The van der Waals surface area contributed by atoms with E-state index in [2.05, 4.69) is 5.16 Å². The average Bonchev–Trinajstić information content (AvgIpc) is 2.80. The number of aryl methyl sites for hydroxylation is 1. The third kappa shape index (κ3) is 2.64. The number of aliphatic hydroxyl groups excluding tert-OH is 1. The summed E-state index contributed by atoms with van der Waals surface area (Å²) in [6, 6.07) is -0.296. The van der Waals surface area contributed by atoms with E-state index in [0.29, 0.717) is 36.8 Å². The summed E-state index contributed by atoms with van der Waals surface area (Å²) in [5.74, 6) is 0.559. The molecule has 0 bridgehead atoms. The van der Waals surface area contributed by atoms with Crippen molar-refractivity contribution in [2.45, 2.75) is 32.7 Å². The van der Waals surface area contributed by atoms with Crippen LogP contribution in [0.4, 0.5) is 0 Å². The Balaban J connectivity index is 2.30. The summed E-state index contributed by atoms with van der Waals surface area (Å²) in [6.45, 7) is 6.91. The van der Waals surface area contributed by atoms with Gasteiger partial charge in [0.1, 0.15) is 5.56 Å². The number of carbonyl (C=O) groups excluding carboxylic acids is 1. The van der Waals surface area contributed by atoms with Crippen LogP contribution in [-0.2, 0) is 4.74 Å². The molecular weight excluding hydrogens is 248 g/mol. The van der Waals surface area contributed by atoms with Crippen LogP contribution in [0.25, 0.3) is 0 Å². The Kier molecular flexibility index (Phi) is 4.21. The van der Waals surface area contributed by atoms with E-state index in [4.69, 9.17) is 9.26 Å². The third-order valence-corrected chi connectivity index (χ3v) is 3.33. The molecule has 0 aliphatic carbocycles. The molecule has 2 rings (SSSR count). The molecule has 1 amide bonds. The largest absolute Gasteiger partial charge is 0.394 e. The smallest absolute Gasteiger partial charge is 0.259 e. The molecule has 19 heavy (non-hydrogen) atoms. The summed E-state index contributed by atoms with van der Waals surface area (Å²) in [5.41, 5.74) is 1.12. The van der Waals surface area contributed by atoms with Crippen LogP contribution in [0.15, 0.2) is 4.52 Å². The van der Waals surface area contributed by atoms with E-state index in [1.54, 1.807) is 11.8 Å². The van der Waals surface area contributed by atoms with Crippen LogP contribution in [-0.4, -0.2) is 53.5 Å². The van der Waals surface area contributed by atoms with Crippen LogP contribution in [0.2, 0.25) is 0 Å². The van der Waals surface area contributed by atoms with E-state index >= 15 is 0 Å². The number of morpholine rings is 1.